The molecule has 110 valence electrons. The molecule has 0 aliphatic rings. The van der Waals surface area contributed by atoms with Crippen molar-refractivity contribution in [2.45, 2.75) is 6.92 Å². The molecule has 0 aliphatic heterocycles. The Bertz CT molecular complexity index is 677. The van der Waals surface area contributed by atoms with E-state index in [9.17, 15) is 13.6 Å². The van der Waals surface area contributed by atoms with Crippen molar-refractivity contribution >= 4 is 33.2 Å². The average molecular weight is 355 g/mol. The molecular weight excluding hydrogens is 342 g/mol. The Labute approximate surface area is 129 Å². The molecule has 0 fully saturated rings. The summed E-state index contributed by atoms with van der Waals surface area (Å²) in [6, 6.07) is 8.48. The van der Waals surface area contributed by atoms with Gasteiger partial charge in [0.15, 0.2) is 0 Å². The monoisotopic (exact) mass is 354 g/mol. The zero-order chi connectivity index (χ0) is 15.4. The number of carbonyl (C=O) groups excluding carboxylic acids is 1. The van der Waals surface area contributed by atoms with Crippen molar-refractivity contribution in [3.63, 3.8) is 0 Å². The van der Waals surface area contributed by atoms with E-state index in [0.717, 1.165) is 28.2 Å². The van der Waals surface area contributed by atoms with Gasteiger partial charge in [0.2, 0.25) is 5.91 Å². The Kier molecular flexibility index (Phi) is 4.90. The van der Waals surface area contributed by atoms with Crippen molar-refractivity contribution in [1.29, 1.82) is 0 Å². The van der Waals surface area contributed by atoms with Gasteiger partial charge in [-0.1, -0.05) is 15.9 Å². The second kappa shape index (κ2) is 6.67. The molecule has 0 saturated carbocycles. The number of anilines is 2. The average Bonchev–Trinajstić information content (AvgIpc) is 2.43. The van der Waals surface area contributed by atoms with E-state index in [-0.39, 0.29) is 18.1 Å². The minimum Gasteiger partial charge on any atom is -0.374 e. The van der Waals surface area contributed by atoms with E-state index >= 15 is 0 Å². The third-order valence-electron chi connectivity index (χ3n) is 2.83. The van der Waals surface area contributed by atoms with E-state index in [1.54, 1.807) is 6.07 Å². The van der Waals surface area contributed by atoms with E-state index in [4.69, 9.17) is 0 Å². The zero-order valence-electron chi connectivity index (χ0n) is 11.2. The van der Waals surface area contributed by atoms with Gasteiger partial charge >= 0.3 is 0 Å². The van der Waals surface area contributed by atoms with Crippen LogP contribution in [0.4, 0.5) is 20.2 Å². The first-order chi connectivity index (χ1) is 9.95. The van der Waals surface area contributed by atoms with E-state index in [1.807, 2.05) is 19.1 Å². The molecule has 2 rings (SSSR count). The van der Waals surface area contributed by atoms with Gasteiger partial charge in [-0.25, -0.2) is 8.78 Å². The van der Waals surface area contributed by atoms with Gasteiger partial charge in [-0.05, 0) is 48.9 Å². The van der Waals surface area contributed by atoms with Crippen LogP contribution in [0.1, 0.15) is 5.56 Å². The molecule has 0 atom stereocenters. The first-order valence-corrected chi connectivity index (χ1v) is 7.00. The summed E-state index contributed by atoms with van der Waals surface area (Å²) < 4.78 is 27.3. The lowest BCUT2D eigenvalue weighted by atomic mass is 10.2. The van der Waals surface area contributed by atoms with Crippen molar-refractivity contribution in [3.05, 3.63) is 58.1 Å². The van der Waals surface area contributed by atoms with Crippen LogP contribution in [-0.4, -0.2) is 12.5 Å². The molecule has 3 nitrogen and oxygen atoms in total. The van der Waals surface area contributed by atoms with Crippen LogP contribution in [0.2, 0.25) is 0 Å². The van der Waals surface area contributed by atoms with Crippen LogP contribution in [0.25, 0.3) is 0 Å². The van der Waals surface area contributed by atoms with Gasteiger partial charge in [-0.2, -0.15) is 0 Å². The first kappa shape index (κ1) is 15.4. The molecule has 2 aromatic rings. The third kappa shape index (κ3) is 4.26. The lowest BCUT2D eigenvalue weighted by molar-refractivity contribution is -0.114. The molecule has 2 aromatic carbocycles. The number of aryl methyl sites for hydroxylation is 1. The Morgan fingerprint density at radius 3 is 2.62 bits per heavy atom. The van der Waals surface area contributed by atoms with Gasteiger partial charge in [0.1, 0.15) is 11.6 Å². The molecule has 0 bridgehead atoms. The highest BCUT2D eigenvalue weighted by atomic mass is 79.9. The van der Waals surface area contributed by atoms with Crippen molar-refractivity contribution < 1.29 is 13.6 Å². The van der Waals surface area contributed by atoms with Crippen LogP contribution < -0.4 is 10.6 Å². The lowest BCUT2D eigenvalue weighted by Gasteiger charge is -2.10. The highest BCUT2D eigenvalue weighted by molar-refractivity contribution is 9.10. The summed E-state index contributed by atoms with van der Waals surface area (Å²) in [5.74, 6) is -1.52. The van der Waals surface area contributed by atoms with Crippen molar-refractivity contribution in [1.82, 2.24) is 0 Å². The maximum Gasteiger partial charge on any atom is 0.243 e. The summed E-state index contributed by atoms with van der Waals surface area (Å²) in [7, 11) is 0. The van der Waals surface area contributed by atoms with Crippen molar-refractivity contribution in [2.24, 2.45) is 0 Å². The summed E-state index contributed by atoms with van der Waals surface area (Å²) >= 11 is 3.34. The number of hydrogen-bond acceptors (Lipinski definition) is 2. The molecule has 0 heterocycles. The molecule has 2 N–H and O–H groups in total. The number of hydrogen-bond donors (Lipinski definition) is 2. The lowest BCUT2D eigenvalue weighted by Crippen LogP contribution is -2.22. The maximum atomic E-state index is 13.4. The van der Waals surface area contributed by atoms with E-state index in [0.29, 0.717) is 5.69 Å². The van der Waals surface area contributed by atoms with Crippen LogP contribution in [0.15, 0.2) is 40.9 Å². The van der Waals surface area contributed by atoms with Gasteiger partial charge in [-0.3, -0.25) is 4.79 Å². The molecular formula is C15H13BrF2N2O. The normalized spacial score (nSPS) is 10.3. The quantitative estimate of drug-likeness (QED) is 0.868. The summed E-state index contributed by atoms with van der Waals surface area (Å²) in [6.45, 7) is 1.70. The minimum atomic E-state index is -0.607. The molecule has 0 spiro atoms. The molecule has 0 aliphatic carbocycles. The van der Waals surface area contributed by atoms with Crippen LogP contribution in [0.3, 0.4) is 0 Å². The number of benzene rings is 2. The Balaban J connectivity index is 1.97. The van der Waals surface area contributed by atoms with Crippen LogP contribution >= 0.6 is 15.9 Å². The van der Waals surface area contributed by atoms with E-state index in [2.05, 4.69) is 26.6 Å². The second-order valence-electron chi connectivity index (χ2n) is 4.49. The maximum absolute atomic E-state index is 13.4. The van der Waals surface area contributed by atoms with Crippen LogP contribution in [0, 0.1) is 18.6 Å². The third-order valence-corrected chi connectivity index (χ3v) is 3.32. The minimum absolute atomic E-state index is 0.0438. The van der Waals surface area contributed by atoms with Gasteiger partial charge in [0.05, 0.1) is 12.2 Å². The van der Waals surface area contributed by atoms with Crippen molar-refractivity contribution in [2.75, 3.05) is 17.2 Å². The van der Waals surface area contributed by atoms with Gasteiger partial charge in [0.25, 0.3) is 0 Å². The molecule has 0 radical (unpaired) electrons. The summed E-state index contributed by atoms with van der Waals surface area (Å²) in [4.78, 5) is 11.8. The molecule has 1 amide bonds. The molecule has 0 aromatic heterocycles. The highest BCUT2D eigenvalue weighted by Gasteiger charge is 2.08. The fourth-order valence-electron chi connectivity index (χ4n) is 1.77. The van der Waals surface area contributed by atoms with Crippen molar-refractivity contribution in [3.8, 4) is 0 Å². The van der Waals surface area contributed by atoms with E-state index < -0.39 is 11.6 Å². The summed E-state index contributed by atoms with van der Waals surface area (Å²) in [5, 5.41) is 5.27. The molecule has 0 saturated heterocycles. The summed E-state index contributed by atoms with van der Waals surface area (Å²) in [5.41, 5.74) is 1.53. The predicted molar refractivity (Wildman–Crippen MR) is 82.4 cm³/mol. The molecule has 6 heteroatoms. The predicted octanol–water partition coefficient (Wildman–Crippen LogP) is 4.09. The van der Waals surface area contributed by atoms with Crippen LogP contribution in [0.5, 0.6) is 0 Å². The fraction of sp³-hybridized carbons (Fsp3) is 0.133. The Morgan fingerprint density at radius 1 is 1.14 bits per heavy atom. The first-order valence-electron chi connectivity index (χ1n) is 6.20. The fourth-order valence-corrected chi connectivity index (χ4v) is 2.25. The highest BCUT2D eigenvalue weighted by Crippen LogP contribution is 2.20. The van der Waals surface area contributed by atoms with Crippen LogP contribution in [-0.2, 0) is 4.79 Å². The second-order valence-corrected chi connectivity index (χ2v) is 5.40. The smallest absolute Gasteiger partial charge is 0.243 e. The Morgan fingerprint density at radius 2 is 1.90 bits per heavy atom. The van der Waals surface area contributed by atoms with E-state index in [1.165, 1.54) is 0 Å². The van der Waals surface area contributed by atoms with Gasteiger partial charge < -0.3 is 10.6 Å². The number of halogens is 3. The Hall–Kier alpha value is -1.95. The number of amides is 1. The molecule has 0 unspecified atom stereocenters. The SMILES string of the molecule is Cc1cc(Br)ccc1NC(=O)CNc1cc(F)ccc1F. The number of carbonyl (C=O) groups is 1. The largest absolute Gasteiger partial charge is 0.374 e. The standard InChI is InChI=1S/C15H13BrF2N2O/c1-9-6-10(16)2-5-13(9)20-15(21)8-19-14-7-11(17)3-4-12(14)18/h2-7,19H,8H2,1H3,(H,20,21). The number of rotatable bonds is 4. The zero-order valence-corrected chi connectivity index (χ0v) is 12.8. The van der Waals surface area contributed by atoms with Gasteiger partial charge in [-0.15, -0.1) is 0 Å². The topological polar surface area (TPSA) is 41.1 Å². The molecule has 21 heavy (non-hydrogen) atoms. The number of nitrogens with one attached hydrogen (secondary N) is 2. The van der Waals surface area contributed by atoms with Gasteiger partial charge in [0, 0.05) is 10.2 Å². The summed E-state index contributed by atoms with van der Waals surface area (Å²) in [6.07, 6.45) is 0.